The summed E-state index contributed by atoms with van der Waals surface area (Å²) in [6.45, 7) is 0.394. The van der Waals surface area contributed by atoms with Crippen LogP contribution in [0.1, 0.15) is 12.8 Å². The third kappa shape index (κ3) is 3.22. The van der Waals surface area contributed by atoms with Crippen molar-refractivity contribution in [3.63, 3.8) is 0 Å². The molecule has 1 aliphatic rings. The van der Waals surface area contributed by atoms with Crippen molar-refractivity contribution in [2.45, 2.75) is 17.7 Å². The van der Waals surface area contributed by atoms with Crippen LogP contribution in [0.3, 0.4) is 0 Å². The Morgan fingerprint density at radius 2 is 2.14 bits per heavy atom. The predicted molar refractivity (Wildman–Crippen MR) is 75.7 cm³/mol. The number of benzene rings is 1. The Kier molecular flexibility index (Phi) is 4.60. The van der Waals surface area contributed by atoms with Crippen LogP contribution >= 0.6 is 11.6 Å². The first-order valence-electron chi connectivity index (χ1n) is 6.25. The van der Waals surface area contributed by atoms with Crippen molar-refractivity contribution in [2.75, 3.05) is 13.1 Å². The molecule has 0 spiro atoms. The summed E-state index contributed by atoms with van der Waals surface area (Å²) in [6.07, 6.45) is 1.97. The fourth-order valence-corrected chi connectivity index (χ4v) is 3.99. The highest BCUT2D eigenvalue weighted by molar-refractivity contribution is 7.89. The van der Waals surface area contributed by atoms with E-state index < -0.39 is 20.6 Å². The Hall–Kier alpha value is -1.51. The molecular formula is C12H13ClN2O5S. The molecule has 0 radical (unpaired) electrons. The number of hydrogen-bond acceptors (Lipinski definition) is 5. The summed E-state index contributed by atoms with van der Waals surface area (Å²) in [5.74, 6) is -0.337. The van der Waals surface area contributed by atoms with Gasteiger partial charge in [-0.15, -0.1) is 0 Å². The third-order valence-corrected chi connectivity index (χ3v) is 5.55. The van der Waals surface area contributed by atoms with Gasteiger partial charge in [0.2, 0.25) is 10.0 Å². The molecule has 114 valence electrons. The van der Waals surface area contributed by atoms with Crippen LogP contribution in [-0.4, -0.2) is 37.0 Å². The number of carbonyl (C=O) groups is 1. The molecule has 0 amide bonds. The van der Waals surface area contributed by atoms with Crippen molar-refractivity contribution in [3.8, 4) is 0 Å². The molecule has 0 aliphatic carbocycles. The van der Waals surface area contributed by atoms with Crippen molar-refractivity contribution in [2.24, 2.45) is 5.92 Å². The van der Waals surface area contributed by atoms with Crippen LogP contribution in [0.4, 0.5) is 5.69 Å². The van der Waals surface area contributed by atoms with Crippen molar-refractivity contribution < 1.29 is 18.1 Å². The lowest BCUT2D eigenvalue weighted by Crippen LogP contribution is -2.40. The number of halogens is 1. The Labute approximate surface area is 126 Å². The monoisotopic (exact) mass is 332 g/mol. The number of piperidine rings is 1. The summed E-state index contributed by atoms with van der Waals surface area (Å²) >= 11 is 5.68. The Morgan fingerprint density at radius 3 is 2.76 bits per heavy atom. The second kappa shape index (κ2) is 6.08. The standard InChI is InChI=1S/C12H13ClN2O5S/c13-11-4-3-10(6-12(11)15(17)18)21(19,20)14-5-1-2-9(7-14)8-16/h3-4,6,8-9H,1-2,5,7H2. The fourth-order valence-electron chi connectivity index (χ4n) is 2.25. The van der Waals surface area contributed by atoms with Crippen LogP contribution in [0.5, 0.6) is 0 Å². The van der Waals surface area contributed by atoms with Gasteiger partial charge in [0.05, 0.1) is 9.82 Å². The van der Waals surface area contributed by atoms with Crippen LogP contribution in [0, 0.1) is 16.0 Å². The molecule has 0 saturated carbocycles. The molecule has 0 aromatic heterocycles. The molecule has 9 heteroatoms. The van der Waals surface area contributed by atoms with Gasteiger partial charge in [0.25, 0.3) is 5.69 Å². The Morgan fingerprint density at radius 1 is 1.43 bits per heavy atom. The van der Waals surface area contributed by atoms with E-state index in [2.05, 4.69) is 0 Å². The maximum atomic E-state index is 12.5. The molecule has 21 heavy (non-hydrogen) atoms. The normalized spacial score (nSPS) is 20.1. The van der Waals surface area contributed by atoms with Crippen molar-refractivity contribution >= 4 is 33.6 Å². The minimum absolute atomic E-state index is 0.0995. The lowest BCUT2D eigenvalue weighted by molar-refractivity contribution is -0.384. The van der Waals surface area contributed by atoms with Crippen molar-refractivity contribution in [1.29, 1.82) is 0 Å². The van der Waals surface area contributed by atoms with E-state index in [0.29, 0.717) is 19.4 Å². The second-order valence-corrected chi connectivity index (χ2v) is 7.12. The number of nitro benzene ring substituents is 1. The van der Waals surface area contributed by atoms with Gasteiger partial charge in [-0.3, -0.25) is 10.1 Å². The Balaban J connectivity index is 2.37. The topological polar surface area (TPSA) is 97.6 Å². The highest BCUT2D eigenvalue weighted by Crippen LogP contribution is 2.30. The third-order valence-electron chi connectivity index (χ3n) is 3.37. The van der Waals surface area contributed by atoms with Crippen molar-refractivity contribution in [3.05, 3.63) is 33.3 Å². The first kappa shape index (κ1) is 15.9. The van der Waals surface area contributed by atoms with Crippen LogP contribution in [-0.2, 0) is 14.8 Å². The molecular weight excluding hydrogens is 320 g/mol. The van der Waals surface area contributed by atoms with E-state index >= 15 is 0 Å². The second-order valence-electron chi connectivity index (χ2n) is 4.77. The average Bonchev–Trinajstić information content (AvgIpc) is 2.47. The molecule has 1 aromatic carbocycles. The summed E-state index contributed by atoms with van der Waals surface area (Å²) in [6, 6.07) is 3.37. The summed E-state index contributed by atoms with van der Waals surface area (Å²) in [7, 11) is -3.87. The molecule has 2 rings (SSSR count). The van der Waals surface area contributed by atoms with Gasteiger partial charge in [-0.25, -0.2) is 8.42 Å². The van der Waals surface area contributed by atoms with Crippen molar-refractivity contribution in [1.82, 2.24) is 4.31 Å². The molecule has 0 N–H and O–H groups in total. The molecule has 1 aliphatic heterocycles. The number of nitro groups is 1. The minimum atomic E-state index is -3.87. The lowest BCUT2D eigenvalue weighted by atomic mass is 10.0. The lowest BCUT2D eigenvalue weighted by Gasteiger charge is -2.29. The quantitative estimate of drug-likeness (QED) is 0.476. The zero-order valence-corrected chi connectivity index (χ0v) is 12.5. The fraction of sp³-hybridized carbons (Fsp3) is 0.417. The van der Waals surface area contributed by atoms with Gasteiger partial charge in [0.1, 0.15) is 11.3 Å². The number of hydrogen-bond donors (Lipinski definition) is 0. The summed E-state index contributed by atoms with van der Waals surface area (Å²) in [5, 5.41) is 10.7. The molecule has 1 fully saturated rings. The average molecular weight is 333 g/mol. The van der Waals surface area contributed by atoms with Crippen LogP contribution in [0.15, 0.2) is 23.1 Å². The first-order chi connectivity index (χ1) is 9.86. The predicted octanol–water partition coefficient (Wildman–Crippen LogP) is 1.85. The van der Waals surface area contributed by atoms with Crippen LogP contribution in [0.2, 0.25) is 5.02 Å². The summed E-state index contributed by atoms with van der Waals surface area (Å²) in [4.78, 5) is 20.8. The maximum absolute atomic E-state index is 12.5. The van der Waals surface area contributed by atoms with Crippen LogP contribution < -0.4 is 0 Å². The summed E-state index contributed by atoms with van der Waals surface area (Å²) < 4.78 is 26.1. The smallest absolute Gasteiger partial charge is 0.289 e. The van der Waals surface area contributed by atoms with Gasteiger partial charge in [0.15, 0.2) is 0 Å². The minimum Gasteiger partial charge on any atom is -0.303 e. The zero-order valence-electron chi connectivity index (χ0n) is 10.9. The van der Waals surface area contributed by atoms with E-state index in [1.807, 2.05) is 0 Å². The number of rotatable bonds is 4. The van der Waals surface area contributed by atoms with E-state index in [4.69, 9.17) is 11.6 Å². The number of sulfonamides is 1. The van der Waals surface area contributed by atoms with Gasteiger partial charge >= 0.3 is 0 Å². The molecule has 0 bridgehead atoms. The largest absolute Gasteiger partial charge is 0.303 e. The summed E-state index contributed by atoms with van der Waals surface area (Å²) in [5.41, 5.74) is -0.457. The molecule has 1 saturated heterocycles. The first-order valence-corrected chi connectivity index (χ1v) is 8.07. The van der Waals surface area contributed by atoms with Crippen LogP contribution in [0.25, 0.3) is 0 Å². The van der Waals surface area contributed by atoms with E-state index in [1.165, 1.54) is 16.4 Å². The Bertz CT molecular complexity index is 676. The maximum Gasteiger partial charge on any atom is 0.289 e. The van der Waals surface area contributed by atoms with Gasteiger partial charge in [-0.05, 0) is 25.0 Å². The van der Waals surface area contributed by atoms with Gasteiger partial charge in [0, 0.05) is 25.1 Å². The molecule has 1 atom stereocenters. The van der Waals surface area contributed by atoms with Gasteiger partial charge < -0.3 is 4.79 Å². The molecule has 1 unspecified atom stereocenters. The molecule has 1 aromatic rings. The van der Waals surface area contributed by atoms with E-state index in [9.17, 15) is 23.3 Å². The SMILES string of the molecule is O=CC1CCCN(S(=O)(=O)c2ccc(Cl)c([N+](=O)[O-])c2)C1. The van der Waals surface area contributed by atoms with Gasteiger partial charge in [-0.2, -0.15) is 4.31 Å². The number of aldehydes is 1. The number of nitrogens with zero attached hydrogens (tertiary/aromatic N) is 2. The van der Waals surface area contributed by atoms with E-state index in [1.54, 1.807) is 0 Å². The molecule has 1 heterocycles. The number of carbonyl (C=O) groups excluding carboxylic acids is 1. The van der Waals surface area contributed by atoms with E-state index in [0.717, 1.165) is 12.4 Å². The zero-order chi connectivity index (χ0) is 15.6. The highest BCUT2D eigenvalue weighted by atomic mass is 35.5. The molecule has 7 nitrogen and oxygen atoms in total. The van der Waals surface area contributed by atoms with E-state index in [-0.39, 0.29) is 22.4 Å². The highest BCUT2D eigenvalue weighted by Gasteiger charge is 2.31. The van der Waals surface area contributed by atoms with Gasteiger partial charge in [-0.1, -0.05) is 11.6 Å².